The number of aryl methyl sites for hydroxylation is 1. The van der Waals surface area contributed by atoms with Crippen LogP contribution in [0.4, 0.5) is 0 Å². The number of benzene rings is 1. The van der Waals surface area contributed by atoms with Crippen LogP contribution in [-0.2, 0) is 0 Å². The first kappa shape index (κ1) is 24.2. The van der Waals surface area contributed by atoms with Crippen LogP contribution < -0.4 is 10.1 Å². The molecule has 0 saturated carbocycles. The zero-order valence-corrected chi connectivity index (χ0v) is 21.9. The second-order valence-electron chi connectivity index (χ2n) is 9.38. The number of carbonyl (C=O) groups is 2. The molecule has 2 aromatic heterocycles. The van der Waals surface area contributed by atoms with Gasteiger partial charge in [-0.15, -0.1) is 11.3 Å². The van der Waals surface area contributed by atoms with Gasteiger partial charge in [0.1, 0.15) is 16.6 Å². The molecule has 2 fully saturated rings. The molecule has 35 heavy (non-hydrogen) atoms. The van der Waals surface area contributed by atoms with Gasteiger partial charge in [-0.3, -0.25) is 9.59 Å². The van der Waals surface area contributed by atoms with Crippen molar-refractivity contribution < 1.29 is 14.3 Å². The molecule has 1 amide bonds. The van der Waals surface area contributed by atoms with Crippen molar-refractivity contribution in [3.05, 3.63) is 45.9 Å². The third-order valence-corrected chi connectivity index (χ3v) is 9.22. The fourth-order valence-corrected chi connectivity index (χ4v) is 7.11. The molecule has 1 unspecified atom stereocenters. The fraction of sp³-hybridized carbons (Fsp3) is 0.462. The van der Waals surface area contributed by atoms with Crippen molar-refractivity contribution in [3.63, 3.8) is 0 Å². The van der Waals surface area contributed by atoms with Gasteiger partial charge in [0.05, 0.1) is 28.1 Å². The maximum Gasteiger partial charge on any atom is 0.261 e. The highest BCUT2D eigenvalue weighted by atomic mass is 32.2. The smallest absolute Gasteiger partial charge is 0.261 e. The van der Waals surface area contributed by atoms with Crippen molar-refractivity contribution in [3.8, 4) is 5.75 Å². The van der Waals surface area contributed by atoms with Gasteiger partial charge < -0.3 is 15.0 Å². The number of hydrogen-bond acceptors (Lipinski definition) is 8. The van der Waals surface area contributed by atoms with E-state index in [0.29, 0.717) is 27.7 Å². The molecule has 0 spiro atoms. The summed E-state index contributed by atoms with van der Waals surface area (Å²) < 4.78 is 5.34. The Hall–Kier alpha value is -2.49. The predicted molar refractivity (Wildman–Crippen MR) is 140 cm³/mol. The number of ether oxygens (including phenoxy) is 1. The van der Waals surface area contributed by atoms with Gasteiger partial charge in [0.25, 0.3) is 5.91 Å². The molecule has 2 bridgehead atoms. The normalized spacial score (nSPS) is 22.2. The summed E-state index contributed by atoms with van der Waals surface area (Å²) in [5.74, 6) is 1.54. The summed E-state index contributed by atoms with van der Waals surface area (Å²) >= 11 is 2.66. The van der Waals surface area contributed by atoms with Crippen LogP contribution in [0.25, 0.3) is 10.9 Å². The Kier molecular flexibility index (Phi) is 7.09. The summed E-state index contributed by atoms with van der Waals surface area (Å²) in [5.41, 5.74) is 0.821. The first-order chi connectivity index (χ1) is 16.9. The number of methoxy groups -OCH3 is 1. The molecule has 0 aliphatic carbocycles. The van der Waals surface area contributed by atoms with E-state index in [-0.39, 0.29) is 23.5 Å². The average Bonchev–Trinajstić information content (AvgIpc) is 3.33. The number of thioether (sulfide) groups is 1. The van der Waals surface area contributed by atoms with E-state index >= 15 is 0 Å². The summed E-state index contributed by atoms with van der Waals surface area (Å²) in [7, 11) is 3.83. The third-order valence-electron chi connectivity index (χ3n) is 7.10. The maximum atomic E-state index is 12.9. The molecule has 5 rings (SSSR count). The lowest BCUT2D eigenvalue weighted by Crippen LogP contribution is -2.55. The second-order valence-corrected chi connectivity index (χ2v) is 11.4. The lowest BCUT2D eigenvalue weighted by molar-refractivity contribution is 0.0464. The number of piperidine rings is 2. The third kappa shape index (κ3) is 5.22. The molecule has 2 aliphatic heterocycles. The van der Waals surface area contributed by atoms with E-state index in [2.05, 4.69) is 27.2 Å². The fourth-order valence-electron chi connectivity index (χ4n) is 5.23. The van der Waals surface area contributed by atoms with Crippen molar-refractivity contribution in [2.24, 2.45) is 0 Å². The molecule has 3 atom stereocenters. The average molecular weight is 511 g/mol. The molecule has 1 N–H and O–H groups in total. The van der Waals surface area contributed by atoms with E-state index in [1.54, 1.807) is 19.2 Å². The van der Waals surface area contributed by atoms with E-state index in [0.717, 1.165) is 34.5 Å². The van der Waals surface area contributed by atoms with E-state index in [4.69, 9.17) is 4.74 Å². The quantitative estimate of drug-likeness (QED) is 0.279. The van der Waals surface area contributed by atoms with E-state index in [1.807, 2.05) is 25.1 Å². The predicted octanol–water partition coefficient (Wildman–Crippen LogP) is 4.73. The number of amides is 1. The van der Waals surface area contributed by atoms with Gasteiger partial charge in [-0.25, -0.2) is 9.97 Å². The van der Waals surface area contributed by atoms with E-state index < -0.39 is 0 Å². The van der Waals surface area contributed by atoms with Crippen LogP contribution in [0, 0.1) is 6.92 Å². The number of thiophene rings is 1. The zero-order chi connectivity index (χ0) is 24.5. The molecule has 4 heterocycles. The van der Waals surface area contributed by atoms with Crippen LogP contribution in [0.5, 0.6) is 5.75 Å². The van der Waals surface area contributed by atoms with Crippen LogP contribution in [0.2, 0.25) is 0 Å². The molecule has 0 radical (unpaired) electrons. The first-order valence-electron chi connectivity index (χ1n) is 12.0. The van der Waals surface area contributed by atoms with Gasteiger partial charge in [0.2, 0.25) is 0 Å². The van der Waals surface area contributed by atoms with Crippen LogP contribution in [0.3, 0.4) is 0 Å². The number of carbonyl (C=O) groups excluding carboxylic acids is 2. The van der Waals surface area contributed by atoms with Crippen molar-refractivity contribution >= 4 is 45.7 Å². The Morgan fingerprint density at radius 2 is 1.89 bits per heavy atom. The maximum absolute atomic E-state index is 12.9. The van der Waals surface area contributed by atoms with Crippen LogP contribution in [0.1, 0.15) is 57.3 Å². The molecule has 2 aliphatic rings. The lowest BCUT2D eigenvalue weighted by atomic mass is 9.82. The number of aromatic nitrogens is 2. The van der Waals surface area contributed by atoms with Crippen LogP contribution in [0.15, 0.2) is 35.4 Å². The van der Waals surface area contributed by atoms with Gasteiger partial charge in [-0.05, 0) is 70.0 Å². The molecule has 2 saturated heterocycles. The molecular formula is C26H30N4O3S2. The van der Waals surface area contributed by atoms with Gasteiger partial charge in [-0.2, -0.15) is 0 Å². The summed E-state index contributed by atoms with van der Waals surface area (Å²) in [5, 5.41) is 4.85. The van der Waals surface area contributed by atoms with Crippen molar-refractivity contribution in [1.82, 2.24) is 20.2 Å². The Labute approximate surface area is 213 Å². The summed E-state index contributed by atoms with van der Waals surface area (Å²) in [6.07, 6.45) is 5.71. The number of ketones is 1. The standard InChI is InChI=1S/C26H30N4O3S2/c1-15-27-21-8-7-19(33-3)13-20(21)26(28-15)34-14-22(31)23-9-10-24(35-23)25(32)29-16-11-17-5-4-6-18(12-16)30(17)2/h7-10,13,16-18H,4-6,11-12,14H2,1-3H3,(H,29,32)/t16?,17-,18+. The Morgan fingerprint density at radius 3 is 2.63 bits per heavy atom. The molecular weight excluding hydrogens is 480 g/mol. The number of nitrogens with zero attached hydrogens (tertiary/aromatic N) is 3. The summed E-state index contributed by atoms with van der Waals surface area (Å²) in [6.45, 7) is 1.84. The van der Waals surface area contributed by atoms with Gasteiger partial charge in [0.15, 0.2) is 5.78 Å². The monoisotopic (exact) mass is 510 g/mol. The minimum absolute atomic E-state index is 0.0137. The van der Waals surface area contributed by atoms with E-state index in [1.165, 1.54) is 42.4 Å². The van der Waals surface area contributed by atoms with Gasteiger partial charge in [-0.1, -0.05) is 18.2 Å². The van der Waals surface area contributed by atoms with Gasteiger partial charge >= 0.3 is 0 Å². The number of nitrogens with one attached hydrogen (secondary N) is 1. The number of Topliss-reactive ketones (excluding diaryl/α,β-unsaturated/α-hetero) is 1. The largest absolute Gasteiger partial charge is 0.497 e. The lowest BCUT2D eigenvalue weighted by Gasteiger charge is -2.47. The highest BCUT2D eigenvalue weighted by molar-refractivity contribution is 8.00. The van der Waals surface area contributed by atoms with Gasteiger partial charge in [0, 0.05) is 23.5 Å². The minimum atomic E-state index is -0.0705. The Morgan fingerprint density at radius 1 is 1.14 bits per heavy atom. The summed E-state index contributed by atoms with van der Waals surface area (Å²) in [6, 6.07) is 10.5. The Bertz CT molecular complexity index is 1250. The Balaban J connectivity index is 1.22. The van der Waals surface area contributed by atoms with Crippen LogP contribution in [-0.4, -0.2) is 64.6 Å². The molecule has 184 valence electrons. The topological polar surface area (TPSA) is 84.4 Å². The highest BCUT2D eigenvalue weighted by Crippen LogP contribution is 2.33. The highest BCUT2D eigenvalue weighted by Gasteiger charge is 2.36. The van der Waals surface area contributed by atoms with Crippen molar-refractivity contribution in [2.45, 2.75) is 62.2 Å². The van der Waals surface area contributed by atoms with Crippen molar-refractivity contribution in [2.75, 3.05) is 19.9 Å². The number of fused-ring (bicyclic) bond motifs is 3. The summed E-state index contributed by atoms with van der Waals surface area (Å²) in [4.78, 5) is 38.6. The molecule has 7 nitrogen and oxygen atoms in total. The number of hydrogen-bond donors (Lipinski definition) is 1. The molecule has 3 aromatic rings. The van der Waals surface area contributed by atoms with Crippen molar-refractivity contribution in [1.29, 1.82) is 0 Å². The van der Waals surface area contributed by atoms with E-state index in [9.17, 15) is 9.59 Å². The first-order valence-corrected chi connectivity index (χ1v) is 13.8. The molecule has 1 aromatic carbocycles. The zero-order valence-electron chi connectivity index (χ0n) is 20.2. The second kappa shape index (κ2) is 10.2. The van der Waals surface area contributed by atoms with Crippen LogP contribution >= 0.6 is 23.1 Å². The number of rotatable bonds is 7. The SMILES string of the molecule is COc1ccc2nc(C)nc(SCC(=O)c3ccc(C(=O)NC4C[C@H]5CCC[C@@H](C4)N5C)s3)c2c1. The molecule has 9 heteroatoms. The minimum Gasteiger partial charge on any atom is -0.497 e.